The summed E-state index contributed by atoms with van der Waals surface area (Å²) in [4.78, 5) is 35.2. The number of amides is 1. The molecule has 1 fully saturated rings. The van der Waals surface area contributed by atoms with Gasteiger partial charge in [-0.05, 0) is 60.4 Å². The van der Waals surface area contributed by atoms with E-state index in [0.717, 1.165) is 36.6 Å². The maximum absolute atomic E-state index is 13.2. The van der Waals surface area contributed by atoms with Crippen molar-refractivity contribution in [3.8, 4) is 11.5 Å². The van der Waals surface area contributed by atoms with E-state index in [0.29, 0.717) is 28.6 Å². The highest BCUT2D eigenvalue weighted by atomic mass is 19.4. The van der Waals surface area contributed by atoms with Crippen LogP contribution < -0.4 is 10.3 Å². The number of nitrogens with zero attached hydrogens (tertiary/aromatic N) is 2. The highest BCUT2D eigenvalue weighted by molar-refractivity contribution is 5.82. The minimum Gasteiger partial charge on any atom is -0.457 e. The zero-order valence-electron chi connectivity index (χ0n) is 21.8. The number of ether oxygens (including phenoxy) is 1. The van der Waals surface area contributed by atoms with E-state index in [1.54, 1.807) is 0 Å². The summed E-state index contributed by atoms with van der Waals surface area (Å²) >= 11 is 0. The van der Waals surface area contributed by atoms with Crippen molar-refractivity contribution in [2.75, 3.05) is 6.54 Å². The van der Waals surface area contributed by atoms with Crippen molar-refractivity contribution in [2.24, 2.45) is 0 Å². The quantitative estimate of drug-likeness (QED) is 0.334. The number of para-hydroxylation sites is 1. The molecule has 10 heteroatoms. The van der Waals surface area contributed by atoms with Crippen molar-refractivity contribution in [1.29, 1.82) is 0 Å². The lowest BCUT2D eigenvalue weighted by atomic mass is 9.94. The molecule has 1 aliphatic carbocycles. The zero-order chi connectivity index (χ0) is 28.8. The van der Waals surface area contributed by atoms with Gasteiger partial charge < -0.3 is 19.7 Å². The molecule has 3 aromatic carbocycles. The summed E-state index contributed by atoms with van der Waals surface area (Å²) in [6.45, 7) is 0.0748. The molecule has 1 saturated carbocycles. The van der Waals surface area contributed by atoms with Gasteiger partial charge >= 0.3 is 6.18 Å². The van der Waals surface area contributed by atoms with Crippen LogP contribution in [0.5, 0.6) is 11.5 Å². The Morgan fingerprint density at radius 3 is 2.46 bits per heavy atom. The molecule has 0 spiro atoms. The second kappa shape index (κ2) is 10.2. The molecule has 6 rings (SSSR count). The first kappa shape index (κ1) is 26.8. The van der Waals surface area contributed by atoms with Gasteiger partial charge in [0.25, 0.3) is 11.5 Å². The van der Waals surface area contributed by atoms with Gasteiger partial charge in [-0.2, -0.15) is 13.2 Å². The number of rotatable bonds is 6. The molecule has 2 heterocycles. The SMILES string of the molecule is O=C(C(O)c1cccc(C(F)(F)F)c1)N1CCc2nc(C3(c4cccc(Oc5ccccc5)c4)CC3)[nH]c(=O)c2C1. The van der Waals surface area contributed by atoms with Crippen molar-refractivity contribution in [3.05, 3.63) is 123 Å². The summed E-state index contributed by atoms with van der Waals surface area (Å²) in [6.07, 6.45) is -4.51. The molecule has 1 amide bonds. The number of aliphatic hydroxyl groups excluding tert-OH is 1. The third kappa shape index (κ3) is 5.22. The Balaban J connectivity index is 1.22. The van der Waals surface area contributed by atoms with E-state index >= 15 is 0 Å². The minimum atomic E-state index is -4.60. The molecule has 2 N–H and O–H groups in total. The number of hydrogen-bond donors (Lipinski definition) is 2. The van der Waals surface area contributed by atoms with Gasteiger partial charge in [0.15, 0.2) is 6.10 Å². The zero-order valence-corrected chi connectivity index (χ0v) is 21.8. The summed E-state index contributed by atoms with van der Waals surface area (Å²) in [5, 5.41) is 10.6. The van der Waals surface area contributed by atoms with Crippen molar-refractivity contribution >= 4 is 5.91 Å². The van der Waals surface area contributed by atoms with Crippen LogP contribution in [0.15, 0.2) is 83.7 Å². The largest absolute Gasteiger partial charge is 0.457 e. The first-order chi connectivity index (χ1) is 19.6. The summed E-state index contributed by atoms with van der Waals surface area (Å²) in [5.41, 5.74) is -0.0789. The van der Waals surface area contributed by atoms with Crippen molar-refractivity contribution in [1.82, 2.24) is 14.9 Å². The molecule has 4 aromatic rings. The van der Waals surface area contributed by atoms with Crippen LogP contribution in [0.3, 0.4) is 0 Å². The number of halogens is 3. The molecule has 0 radical (unpaired) electrons. The molecular weight excluding hydrogens is 535 g/mol. The predicted octanol–water partition coefficient (Wildman–Crippen LogP) is 5.28. The van der Waals surface area contributed by atoms with E-state index in [9.17, 15) is 27.9 Å². The number of alkyl halides is 3. The Hall–Kier alpha value is -4.44. The number of carbonyl (C=O) groups is 1. The Labute approximate surface area is 233 Å². The van der Waals surface area contributed by atoms with E-state index in [4.69, 9.17) is 9.72 Å². The van der Waals surface area contributed by atoms with E-state index in [-0.39, 0.29) is 30.6 Å². The number of benzene rings is 3. The fourth-order valence-corrected chi connectivity index (χ4v) is 5.31. The van der Waals surface area contributed by atoms with Gasteiger partial charge in [-0.25, -0.2) is 4.98 Å². The van der Waals surface area contributed by atoms with Crippen LogP contribution in [-0.4, -0.2) is 32.4 Å². The molecule has 7 nitrogen and oxygen atoms in total. The number of aromatic nitrogens is 2. The lowest BCUT2D eigenvalue weighted by molar-refractivity contribution is -0.142. The average Bonchev–Trinajstić information content (AvgIpc) is 3.79. The Morgan fingerprint density at radius 1 is 1.00 bits per heavy atom. The Kier molecular flexibility index (Phi) is 6.65. The molecule has 2 aliphatic rings. The first-order valence-electron chi connectivity index (χ1n) is 13.2. The lowest BCUT2D eigenvalue weighted by Crippen LogP contribution is -2.42. The van der Waals surface area contributed by atoms with E-state index in [1.807, 2.05) is 54.6 Å². The number of fused-ring (bicyclic) bond motifs is 1. The summed E-state index contributed by atoms with van der Waals surface area (Å²) in [7, 11) is 0. The number of H-pyrrole nitrogens is 1. The van der Waals surface area contributed by atoms with Crippen LogP contribution in [0, 0.1) is 0 Å². The fourth-order valence-electron chi connectivity index (χ4n) is 5.31. The summed E-state index contributed by atoms with van der Waals surface area (Å²) in [5.74, 6) is 1.18. The van der Waals surface area contributed by atoms with Gasteiger partial charge in [-0.3, -0.25) is 9.59 Å². The van der Waals surface area contributed by atoms with Crippen LogP contribution >= 0.6 is 0 Å². The Morgan fingerprint density at radius 2 is 1.73 bits per heavy atom. The molecule has 1 unspecified atom stereocenters. The first-order valence-corrected chi connectivity index (χ1v) is 13.2. The summed E-state index contributed by atoms with van der Waals surface area (Å²) in [6, 6.07) is 21.2. The van der Waals surface area contributed by atoms with Gasteiger partial charge in [-0.1, -0.05) is 42.5 Å². The molecule has 210 valence electrons. The molecule has 1 aliphatic heterocycles. The predicted molar refractivity (Wildman–Crippen MR) is 143 cm³/mol. The molecule has 1 aromatic heterocycles. The molecule has 41 heavy (non-hydrogen) atoms. The lowest BCUT2D eigenvalue weighted by Gasteiger charge is -2.30. The van der Waals surface area contributed by atoms with Crippen molar-refractivity contribution < 1.29 is 27.8 Å². The normalized spacial score (nSPS) is 16.5. The molecular formula is C31H26F3N3O4. The van der Waals surface area contributed by atoms with Gasteiger partial charge in [0, 0.05) is 13.0 Å². The number of nitrogens with one attached hydrogen (secondary N) is 1. The maximum atomic E-state index is 13.2. The van der Waals surface area contributed by atoms with Gasteiger partial charge in [0.2, 0.25) is 0 Å². The van der Waals surface area contributed by atoms with Crippen LogP contribution in [0.2, 0.25) is 0 Å². The van der Waals surface area contributed by atoms with E-state index < -0.39 is 29.2 Å². The standard InChI is InChI=1S/C31H26F3N3O4/c32-31(33,34)21-8-4-6-19(16-21)26(38)28(40)37-15-12-25-24(18-37)27(39)36-29(35-25)30(13-14-30)20-7-5-11-23(17-20)41-22-9-2-1-3-10-22/h1-11,16-17,26,38H,12-15,18H2,(H,35,36,39). The smallest absolute Gasteiger partial charge is 0.416 e. The molecule has 1 atom stereocenters. The Bertz CT molecular complexity index is 1670. The fraction of sp³-hybridized carbons (Fsp3) is 0.258. The van der Waals surface area contributed by atoms with Gasteiger partial charge in [-0.15, -0.1) is 0 Å². The average molecular weight is 562 g/mol. The third-order valence-corrected chi connectivity index (χ3v) is 7.71. The van der Waals surface area contributed by atoms with Crippen LogP contribution in [-0.2, 0) is 29.4 Å². The topological polar surface area (TPSA) is 95.5 Å². The van der Waals surface area contributed by atoms with Crippen molar-refractivity contribution in [3.63, 3.8) is 0 Å². The van der Waals surface area contributed by atoms with Crippen LogP contribution in [0.1, 0.15) is 52.7 Å². The number of aliphatic hydroxyl groups is 1. The van der Waals surface area contributed by atoms with Crippen LogP contribution in [0.25, 0.3) is 0 Å². The van der Waals surface area contributed by atoms with Gasteiger partial charge in [0.05, 0.1) is 28.8 Å². The third-order valence-electron chi connectivity index (χ3n) is 7.71. The number of carbonyl (C=O) groups excluding carboxylic acids is 1. The van der Waals surface area contributed by atoms with E-state index in [1.165, 1.54) is 11.0 Å². The minimum absolute atomic E-state index is 0.0970. The highest BCUT2D eigenvalue weighted by Gasteiger charge is 2.49. The van der Waals surface area contributed by atoms with E-state index in [2.05, 4.69) is 4.98 Å². The molecule has 0 saturated heterocycles. The van der Waals surface area contributed by atoms with Crippen molar-refractivity contribution in [2.45, 2.75) is 43.5 Å². The molecule has 0 bridgehead atoms. The number of aromatic amines is 1. The van der Waals surface area contributed by atoms with Gasteiger partial charge in [0.1, 0.15) is 17.3 Å². The second-order valence-corrected chi connectivity index (χ2v) is 10.4. The second-order valence-electron chi connectivity index (χ2n) is 10.4. The number of hydrogen-bond acceptors (Lipinski definition) is 5. The summed E-state index contributed by atoms with van der Waals surface area (Å²) < 4.78 is 45.3. The maximum Gasteiger partial charge on any atom is 0.416 e. The highest BCUT2D eigenvalue weighted by Crippen LogP contribution is 2.52. The monoisotopic (exact) mass is 561 g/mol. The van der Waals surface area contributed by atoms with Crippen LogP contribution in [0.4, 0.5) is 13.2 Å².